The summed E-state index contributed by atoms with van der Waals surface area (Å²) in [4.78, 5) is 24.5. The molecule has 104 valence electrons. The van der Waals surface area contributed by atoms with Crippen molar-refractivity contribution in [2.75, 3.05) is 7.11 Å². The van der Waals surface area contributed by atoms with Crippen LogP contribution < -0.4 is 0 Å². The standard InChI is InChI=1S/C15H10BrN3O2/c1-21-15(20)13-7-12-9(8-17-13)5-6-11(18-12)10-3-2-4-14(16)19-10/h2-8H,1H3. The molecule has 0 unspecified atom stereocenters. The summed E-state index contributed by atoms with van der Waals surface area (Å²) in [6.45, 7) is 0. The van der Waals surface area contributed by atoms with E-state index in [0.29, 0.717) is 5.52 Å². The second-order valence-electron chi connectivity index (χ2n) is 4.30. The minimum absolute atomic E-state index is 0.233. The molecule has 0 fully saturated rings. The van der Waals surface area contributed by atoms with Crippen LogP contribution in [0.2, 0.25) is 0 Å². The molecule has 5 nitrogen and oxygen atoms in total. The number of methoxy groups -OCH3 is 1. The van der Waals surface area contributed by atoms with Crippen molar-refractivity contribution in [1.29, 1.82) is 0 Å². The largest absolute Gasteiger partial charge is 0.464 e. The molecule has 0 aromatic carbocycles. The van der Waals surface area contributed by atoms with Gasteiger partial charge in [-0.3, -0.25) is 0 Å². The molecule has 0 aliphatic heterocycles. The summed E-state index contributed by atoms with van der Waals surface area (Å²) >= 11 is 3.34. The van der Waals surface area contributed by atoms with Crippen LogP contribution in [0.1, 0.15) is 10.5 Å². The summed E-state index contributed by atoms with van der Waals surface area (Å²) in [5.74, 6) is -0.482. The minimum atomic E-state index is -0.482. The fourth-order valence-electron chi connectivity index (χ4n) is 1.93. The number of halogens is 1. The highest BCUT2D eigenvalue weighted by Gasteiger charge is 2.09. The van der Waals surface area contributed by atoms with Crippen LogP contribution in [0.4, 0.5) is 0 Å². The second-order valence-corrected chi connectivity index (χ2v) is 5.11. The summed E-state index contributed by atoms with van der Waals surface area (Å²) in [7, 11) is 1.32. The maximum absolute atomic E-state index is 11.5. The van der Waals surface area contributed by atoms with Crippen molar-refractivity contribution < 1.29 is 9.53 Å². The van der Waals surface area contributed by atoms with E-state index in [9.17, 15) is 4.79 Å². The van der Waals surface area contributed by atoms with Crippen LogP contribution in [-0.2, 0) is 4.74 Å². The third-order valence-electron chi connectivity index (χ3n) is 2.95. The summed E-state index contributed by atoms with van der Waals surface area (Å²) in [5, 5.41) is 0.849. The van der Waals surface area contributed by atoms with Crippen molar-refractivity contribution >= 4 is 32.8 Å². The van der Waals surface area contributed by atoms with Gasteiger partial charge in [-0.2, -0.15) is 0 Å². The Bertz CT molecular complexity index is 836. The molecular weight excluding hydrogens is 334 g/mol. The van der Waals surface area contributed by atoms with Crippen molar-refractivity contribution in [2.24, 2.45) is 0 Å². The van der Waals surface area contributed by atoms with Gasteiger partial charge in [-0.15, -0.1) is 0 Å². The molecule has 0 aliphatic carbocycles. The Morgan fingerprint density at radius 3 is 2.71 bits per heavy atom. The highest BCUT2D eigenvalue weighted by Crippen LogP contribution is 2.21. The maximum atomic E-state index is 11.5. The monoisotopic (exact) mass is 343 g/mol. The Kier molecular flexibility index (Phi) is 3.62. The lowest BCUT2D eigenvalue weighted by Crippen LogP contribution is -2.04. The van der Waals surface area contributed by atoms with E-state index in [1.165, 1.54) is 7.11 Å². The lowest BCUT2D eigenvalue weighted by molar-refractivity contribution is 0.0594. The SMILES string of the molecule is COC(=O)c1cc2nc(-c3cccc(Br)n3)ccc2cn1. The van der Waals surface area contributed by atoms with Crippen LogP contribution in [0.3, 0.4) is 0 Å². The lowest BCUT2D eigenvalue weighted by atomic mass is 10.2. The normalized spacial score (nSPS) is 10.6. The zero-order valence-corrected chi connectivity index (χ0v) is 12.7. The fraction of sp³-hybridized carbons (Fsp3) is 0.0667. The number of aromatic nitrogens is 3. The Morgan fingerprint density at radius 2 is 1.95 bits per heavy atom. The molecule has 3 rings (SSSR count). The zero-order chi connectivity index (χ0) is 14.8. The topological polar surface area (TPSA) is 65.0 Å². The Labute approximate surface area is 129 Å². The third kappa shape index (κ3) is 2.75. The highest BCUT2D eigenvalue weighted by molar-refractivity contribution is 9.10. The fourth-order valence-corrected chi connectivity index (χ4v) is 2.27. The number of carbonyl (C=O) groups is 1. The van der Waals surface area contributed by atoms with Gasteiger partial charge in [-0.1, -0.05) is 6.07 Å². The highest BCUT2D eigenvalue weighted by atomic mass is 79.9. The van der Waals surface area contributed by atoms with E-state index in [1.54, 1.807) is 12.3 Å². The number of carbonyl (C=O) groups excluding carboxylic acids is 1. The number of ether oxygens (including phenoxy) is 1. The maximum Gasteiger partial charge on any atom is 0.356 e. The number of pyridine rings is 3. The molecule has 0 bridgehead atoms. The molecule has 0 N–H and O–H groups in total. The van der Waals surface area contributed by atoms with Crippen LogP contribution in [0, 0.1) is 0 Å². The molecule has 0 saturated carbocycles. The number of hydrogen-bond donors (Lipinski definition) is 0. The van der Waals surface area contributed by atoms with Gasteiger partial charge in [0.05, 0.1) is 24.0 Å². The van der Waals surface area contributed by atoms with Crippen LogP contribution in [0.5, 0.6) is 0 Å². The van der Waals surface area contributed by atoms with Gasteiger partial charge < -0.3 is 4.74 Å². The van der Waals surface area contributed by atoms with Crippen LogP contribution in [-0.4, -0.2) is 28.0 Å². The lowest BCUT2D eigenvalue weighted by Gasteiger charge is -2.04. The third-order valence-corrected chi connectivity index (χ3v) is 3.39. The number of nitrogens with zero attached hydrogens (tertiary/aromatic N) is 3. The van der Waals surface area contributed by atoms with E-state index < -0.39 is 5.97 Å². The molecule has 3 aromatic heterocycles. The number of rotatable bonds is 2. The molecule has 0 radical (unpaired) electrons. The zero-order valence-electron chi connectivity index (χ0n) is 11.1. The molecule has 0 aliphatic rings. The van der Waals surface area contributed by atoms with Gasteiger partial charge in [0, 0.05) is 11.6 Å². The van der Waals surface area contributed by atoms with E-state index in [-0.39, 0.29) is 5.69 Å². The predicted octanol–water partition coefficient (Wildman–Crippen LogP) is 3.24. The van der Waals surface area contributed by atoms with E-state index in [2.05, 4.69) is 35.6 Å². The van der Waals surface area contributed by atoms with Gasteiger partial charge >= 0.3 is 5.97 Å². The Balaban J connectivity index is 2.12. The predicted molar refractivity (Wildman–Crippen MR) is 81.8 cm³/mol. The first kappa shape index (κ1) is 13.6. The van der Waals surface area contributed by atoms with E-state index in [4.69, 9.17) is 0 Å². The molecule has 0 amide bonds. The molecule has 21 heavy (non-hydrogen) atoms. The molecule has 6 heteroatoms. The summed E-state index contributed by atoms with van der Waals surface area (Å²) in [5.41, 5.74) is 2.38. The van der Waals surface area contributed by atoms with Gasteiger partial charge in [0.2, 0.25) is 0 Å². The number of fused-ring (bicyclic) bond motifs is 1. The van der Waals surface area contributed by atoms with E-state index >= 15 is 0 Å². The van der Waals surface area contributed by atoms with Gasteiger partial charge in [0.1, 0.15) is 4.60 Å². The van der Waals surface area contributed by atoms with Crippen LogP contribution in [0.15, 0.2) is 47.2 Å². The van der Waals surface area contributed by atoms with E-state index in [1.807, 2.05) is 30.3 Å². The smallest absolute Gasteiger partial charge is 0.356 e. The van der Waals surface area contributed by atoms with Gasteiger partial charge in [0.15, 0.2) is 5.69 Å². The first-order valence-electron chi connectivity index (χ1n) is 6.15. The van der Waals surface area contributed by atoms with E-state index in [0.717, 1.165) is 21.4 Å². The molecular formula is C15H10BrN3O2. The molecule has 0 atom stereocenters. The first-order valence-corrected chi connectivity index (χ1v) is 6.95. The Morgan fingerprint density at radius 1 is 1.14 bits per heavy atom. The quantitative estimate of drug-likeness (QED) is 0.527. The summed E-state index contributed by atoms with van der Waals surface area (Å²) in [6, 6.07) is 11.0. The van der Waals surface area contributed by atoms with Crippen molar-refractivity contribution in [1.82, 2.24) is 15.0 Å². The average molecular weight is 344 g/mol. The van der Waals surface area contributed by atoms with Gasteiger partial charge in [0.25, 0.3) is 0 Å². The van der Waals surface area contributed by atoms with Crippen LogP contribution in [0.25, 0.3) is 22.3 Å². The minimum Gasteiger partial charge on any atom is -0.464 e. The van der Waals surface area contributed by atoms with Gasteiger partial charge in [-0.05, 0) is 46.3 Å². The average Bonchev–Trinajstić information content (AvgIpc) is 2.53. The Hall–Kier alpha value is -2.34. The molecule has 0 spiro atoms. The van der Waals surface area contributed by atoms with Crippen molar-refractivity contribution in [3.05, 3.63) is 52.9 Å². The van der Waals surface area contributed by atoms with Gasteiger partial charge in [-0.25, -0.2) is 19.7 Å². The number of esters is 1. The summed E-state index contributed by atoms with van der Waals surface area (Å²) < 4.78 is 5.41. The molecule has 0 saturated heterocycles. The van der Waals surface area contributed by atoms with Crippen molar-refractivity contribution in [2.45, 2.75) is 0 Å². The summed E-state index contributed by atoms with van der Waals surface area (Å²) in [6.07, 6.45) is 1.60. The van der Waals surface area contributed by atoms with Crippen LogP contribution >= 0.6 is 15.9 Å². The number of hydrogen-bond acceptors (Lipinski definition) is 5. The second kappa shape index (κ2) is 5.57. The van der Waals surface area contributed by atoms with Crippen molar-refractivity contribution in [3.63, 3.8) is 0 Å². The van der Waals surface area contributed by atoms with Crippen molar-refractivity contribution in [3.8, 4) is 11.4 Å². The molecule has 3 aromatic rings. The molecule has 3 heterocycles. The first-order chi connectivity index (χ1) is 10.2.